The Bertz CT molecular complexity index is 516. The minimum atomic E-state index is 0.246. The number of hydrogen-bond donors (Lipinski definition) is 2. The lowest BCUT2D eigenvalue weighted by Gasteiger charge is -2.20. The quantitative estimate of drug-likeness (QED) is 0.662. The molecular formula is C16H24ClN5. The molecule has 0 spiro atoms. The van der Waals surface area contributed by atoms with Crippen LogP contribution in [-0.4, -0.2) is 36.5 Å². The molecule has 0 saturated carbocycles. The van der Waals surface area contributed by atoms with Crippen molar-refractivity contribution in [2.45, 2.75) is 32.1 Å². The van der Waals surface area contributed by atoms with Crippen LogP contribution in [0.25, 0.3) is 0 Å². The van der Waals surface area contributed by atoms with E-state index in [0.29, 0.717) is 12.5 Å². The van der Waals surface area contributed by atoms with Gasteiger partial charge in [-0.05, 0) is 37.0 Å². The van der Waals surface area contributed by atoms with E-state index in [4.69, 9.17) is 23.1 Å². The number of nitrogens with zero attached hydrogens (tertiary/aromatic N) is 3. The van der Waals surface area contributed by atoms with Crippen LogP contribution in [0.1, 0.15) is 31.2 Å². The Labute approximate surface area is 137 Å². The van der Waals surface area contributed by atoms with E-state index in [1.807, 2.05) is 24.3 Å². The standard InChI is InChI=1S/C16H24ClN5/c17-14-7-5-13(6-8-14)9-10-20-15(18)21-16(19)22-11-3-1-2-4-12-22/h5-8H,1-4,9-12H2,(H4,18,19,20,21). The molecule has 4 N–H and O–H groups in total. The van der Waals surface area contributed by atoms with Crippen LogP contribution < -0.4 is 11.5 Å². The third-order valence-electron chi connectivity index (χ3n) is 3.75. The summed E-state index contributed by atoms with van der Waals surface area (Å²) in [5.74, 6) is 0.727. The zero-order valence-electron chi connectivity index (χ0n) is 12.8. The van der Waals surface area contributed by atoms with Crippen LogP contribution >= 0.6 is 11.6 Å². The van der Waals surface area contributed by atoms with Crippen molar-refractivity contribution in [3.05, 3.63) is 34.9 Å². The SMILES string of the molecule is NC(=NCCc1ccc(Cl)cc1)N=C(N)N1CCCCCC1. The van der Waals surface area contributed by atoms with E-state index >= 15 is 0 Å². The Kier molecular flexibility index (Phi) is 6.52. The molecule has 0 aromatic heterocycles. The van der Waals surface area contributed by atoms with Gasteiger partial charge in [0.1, 0.15) is 0 Å². The molecule has 0 radical (unpaired) electrons. The van der Waals surface area contributed by atoms with Gasteiger partial charge in [-0.3, -0.25) is 4.99 Å². The first-order valence-electron chi connectivity index (χ1n) is 7.78. The van der Waals surface area contributed by atoms with Crippen molar-refractivity contribution in [1.29, 1.82) is 0 Å². The van der Waals surface area contributed by atoms with Crippen molar-refractivity contribution in [1.82, 2.24) is 4.90 Å². The maximum atomic E-state index is 6.02. The van der Waals surface area contributed by atoms with Gasteiger partial charge in [0.05, 0.1) is 0 Å². The number of halogens is 1. The van der Waals surface area contributed by atoms with Crippen LogP contribution in [0.2, 0.25) is 5.02 Å². The highest BCUT2D eigenvalue weighted by Gasteiger charge is 2.11. The second-order valence-corrected chi connectivity index (χ2v) is 5.92. The predicted octanol–water partition coefficient (Wildman–Crippen LogP) is 2.39. The number of rotatable bonds is 3. The molecule has 2 rings (SSSR count). The molecule has 0 aliphatic carbocycles. The number of nitrogens with two attached hydrogens (primary N) is 2. The summed E-state index contributed by atoms with van der Waals surface area (Å²) in [5.41, 5.74) is 13.0. The molecule has 1 aliphatic heterocycles. The molecule has 0 amide bonds. The fourth-order valence-corrected chi connectivity index (χ4v) is 2.60. The van der Waals surface area contributed by atoms with E-state index in [2.05, 4.69) is 14.9 Å². The van der Waals surface area contributed by atoms with Gasteiger partial charge in [-0.2, -0.15) is 4.99 Å². The summed E-state index contributed by atoms with van der Waals surface area (Å²) in [7, 11) is 0. The molecule has 1 saturated heterocycles. The van der Waals surface area contributed by atoms with E-state index in [0.717, 1.165) is 37.4 Å². The van der Waals surface area contributed by atoms with Gasteiger partial charge in [0.25, 0.3) is 0 Å². The molecule has 1 fully saturated rings. The smallest absolute Gasteiger partial charge is 0.218 e. The van der Waals surface area contributed by atoms with E-state index in [9.17, 15) is 0 Å². The molecule has 0 unspecified atom stereocenters. The molecule has 0 bridgehead atoms. The fourth-order valence-electron chi connectivity index (χ4n) is 2.47. The minimum absolute atomic E-state index is 0.246. The average Bonchev–Trinajstić information content (AvgIpc) is 2.78. The van der Waals surface area contributed by atoms with Gasteiger partial charge in [-0.1, -0.05) is 36.6 Å². The Morgan fingerprint density at radius 2 is 1.68 bits per heavy atom. The van der Waals surface area contributed by atoms with Crippen LogP contribution in [0, 0.1) is 0 Å². The van der Waals surface area contributed by atoms with Gasteiger partial charge >= 0.3 is 0 Å². The normalized spacial score (nSPS) is 17.4. The fraction of sp³-hybridized carbons (Fsp3) is 0.500. The van der Waals surface area contributed by atoms with E-state index in [-0.39, 0.29) is 5.96 Å². The number of hydrogen-bond acceptors (Lipinski definition) is 1. The molecule has 1 aliphatic rings. The number of aliphatic imine (C=N–C) groups is 2. The largest absolute Gasteiger partial charge is 0.369 e. The van der Waals surface area contributed by atoms with Crippen molar-refractivity contribution in [3.63, 3.8) is 0 Å². The van der Waals surface area contributed by atoms with Gasteiger partial charge in [-0.15, -0.1) is 0 Å². The summed E-state index contributed by atoms with van der Waals surface area (Å²) >= 11 is 5.85. The summed E-state index contributed by atoms with van der Waals surface area (Å²) in [6, 6.07) is 7.73. The molecule has 22 heavy (non-hydrogen) atoms. The first-order chi connectivity index (χ1) is 10.6. The van der Waals surface area contributed by atoms with E-state index in [1.54, 1.807) is 0 Å². The molecule has 120 valence electrons. The van der Waals surface area contributed by atoms with Crippen LogP contribution in [0.4, 0.5) is 0 Å². The van der Waals surface area contributed by atoms with Gasteiger partial charge in [0.2, 0.25) is 5.96 Å². The highest BCUT2D eigenvalue weighted by atomic mass is 35.5. The van der Waals surface area contributed by atoms with Crippen LogP contribution in [0.3, 0.4) is 0 Å². The molecule has 1 aromatic rings. The lowest BCUT2D eigenvalue weighted by atomic mass is 10.1. The van der Waals surface area contributed by atoms with Gasteiger partial charge < -0.3 is 16.4 Å². The highest BCUT2D eigenvalue weighted by molar-refractivity contribution is 6.30. The van der Waals surface area contributed by atoms with Crippen molar-refractivity contribution in [3.8, 4) is 0 Å². The Balaban J connectivity index is 1.85. The number of benzene rings is 1. The Hall–Kier alpha value is -1.75. The van der Waals surface area contributed by atoms with E-state index in [1.165, 1.54) is 18.4 Å². The predicted molar refractivity (Wildman–Crippen MR) is 93.3 cm³/mol. The van der Waals surface area contributed by atoms with Crippen molar-refractivity contribution < 1.29 is 0 Å². The lowest BCUT2D eigenvalue weighted by Crippen LogP contribution is -2.39. The molecular weight excluding hydrogens is 298 g/mol. The van der Waals surface area contributed by atoms with Crippen molar-refractivity contribution in [2.75, 3.05) is 19.6 Å². The maximum absolute atomic E-state index is 6.02. The minimum Gasteiger partial charge on any atom is -0.369 e. The first-order valence-corrected chi connectivity index (χ1v) is 8.16. The van der Waals surface area contributed by atoms with Gasteiger partial charge in [0.15, 0.2) is 5.96 Å². The molecule has 0 atom stereocenters. The van der Waals surface area contributed by atoms with Crippen molar-refractivity contribution >= 4 is 23.5 Å². The molecule has 1 aromatic carbocycles. The number of likely N-dealkylation sites (tertiary alicyclic amines) is 1. The topological polar surface area (TPSA) is 80.0 Å². The van der Waals surface area contributed by atoms with Crippen LogP contribution in [-0.2, 0) is 6.42 Å². The van der Waals surface area contributed by atoms with Crippen LogP contribution in [0.5, 0.6) is 0 Å². The highest BCUT2D eigenvalue weighted by Crippen LogP contribution is 2.10. The van der Waals surface area contributed by atoms with Crippen molar-refractivity contribution in [2.24, 2.45) is 21.5 Å². The molecule has 6 heteroatoms. The average molecular weight is 322 g/mol. The summed E-state index contributed by atoms with van der Waals surface area (Å²) in [5, 5.41) is 0.738. The molecule has 5 nitrogen and oxygen atoms in total. The van der Waals surface area contributed by atoms with Gasteiger partial charge in [0, 0.05) is 24.7 Å². The maximum Gasteiger partial charge on any atom is 0.218 e. The third kappa shape index (κ3) is 5.56. The van der Waals surface area contributed by atoms with Crippen LogP contribution in [0.15, 0.2) is 34.3 Å². The second-order valence-electron chi connectivity index (χ2n) is 5.49. The summed E-state index contributed by atoms with van der Waals surface area (Å²) < 4.78 is 0. The van der Waals surface area contributed by atoms with E-state index < -0.39 is 0 Å². The van der Waals surface area contributed by atoms with Gasteiger partial charge in [-0.25, -0.2) is 0 Å². The Morgan fingerprint density at radius 1 is 1.05 bits per heavy atom. The third-order valence-corrected chi connectivity index (χ3v) is 4.00. The zero-order chi connectivity index (χ0) is 15.8. The molecule has 1 heterocycles. The number of guanidine groups is 2. The zero-order valence-corrected chi connectivity index (χ0v) is 13.6. The summed E-state index contributed by atoms with van der Waals surface area (Å²) in [6.07, 6.45) is 5.63. The monoisotopic (exact) mass is 321 g/mol. The second kappa shape index (κ2) is 8.63. The summed E-state index contributed by atoms with van der Waals surface area (Å²) in [6.45, 7) is 2.49. The lowest BCUT2D eigenvalue weighted by molar-refractivity contribution is 0.431. The Morgan fingerprint density at radius 3 is 2.32 bits per heavy atom. The summed E-state index contributed by atoms with van der Waals surface area (Å²) in [4.78, 5) is 10.6. The first kappa shape index (κ1) is 16.6.